The van der Waals surface area contributed by atoms with Crippen LogP contribution in [-0.4, -0.2) is 25.2 Å². The van der Waals surface area contributed by atoms with Crippen molar-refractivity contribution in [2.24, 2.45) is 7.05 Å². The number of aryl methyl sites for hydroxylation is 2. The van der Waals surface area contributed by atoms with E-state index in [1.165, 1.54) is 7.05 Å². The van der Waals surface area contributed by atoms with Crippen molar-refractivity contribution in [2.45, 2.75) is 24.8 Å². The normalized spacial score (nSPS) is 11.6. The van der Waals surface area contributed by atoms with Crippen LogP contribution in [0.25, 0.3) is 0 Å². The van der Waals surface area contributed by atoms with Crippen LogP contribution >= 0.6 is 0 Å². The lowest BCUT2D eigenvalue weighted by Gasteiger charge is -2.08. The SMILES string of the molecule is CCc1nn(C)cc1CNc1cccc(S(=O)(=O)NC)c1. The molecule has 0 aliphatic carbocycles. The van der Waals surface area contributed by atoms with Crippen LogP contribution in [0.4, 0.5) is 5.69 Å². The zero-order chi connectivity index (χ0) is 15.5. The van der Waals surface area contributed by atoms with Crippen molar-refractivity contribution in [1.29, 1.82) is 0 Å². The molecule has 1 aromatic heterocycles. The molecule has 0 saturated carbocycles. The summed E-state index contributed by atoms with van der Waals surface area (Å²) in [5, 5.41) is 7.62. The van der Waals surface area contributed by atoms with Crippen LogP contribution in [0.5, 0.6) is 0 Å². The topological polar surface area (TPSA) is 76.0 Å². The summed E-state index contributed by atoms with van der Waals surface area (Å²) >= 11 is 0. The fourth-order valence-electron chi connectivity index (χ4n) is 2.12. The Labute approximate surface area is 125 Å². The summed E-state index contributed by atoms with van der Waals surface area (Å²) in [6.45, 7) is 2.67. The van der Waals surface area contributed by atoms with Gasteiger partial charge < -0.3 is 5.32 Å². The summed E-state index contributed by atoms with van der Waals surface area (Å²) in [4.78, 5) is 0.247. The molecule has 0 unspecified atom stereocenters. The Kier molecular flexibility index (Phi) is 4.64. The lowest BCUT2D eigenvalue weighted by Crippen LogP contribution is -2.18. The van der Waals surface area contributed by atoms with Crippen molar-refractivity contribution >= 4 is 15.7 Å². The molecule has 7 heteroatoms. The minimum Gasteiger partial charge on any atom is -0.381 e. The van der Waals surface area contributed by atoms with Crippen molar-refractivity contribution in [1.82, 2.24) is 14.5 Å². The van der Waals surface area contributed by atoms with Gasteiger partial charge >= 0.3 is 0 Å². The number of rotatable bonds is 6. The van der Waals surface area contributed by atoms with Gasteiger partial charge in [0.05, 0.1) is 10.6 Å². The van der Waals surface area contributed by atoms with Gasteiger partial charge in [0.1, 0.15) is 0 Å². The van der Waals surface area contributed by atoms with Crippen molar-refractivity contribution in [3.8, 4) is 0 Å². The van der Waals surface area contributed by atoms with Gasteiger partial charge in [-0.3, -0.25) is 4.68 Å². The maximum atomic E-state index is 11.8. The molecule has 0 aliphatic heterocycles. The predicted octanol–water partition coefficient (Wildman–Crippen LogP) is 1.50. The summed E-state index contributed by atoms with van der Waals surface area (Å²) in [5.41, 5.74) is 2.92. The molecule has 0 fully saturated rings. The second-order valence-electron chi connectivity index (χ2n) is 4.72. The number of aromatic nitrogens is 2. The molecule has 2 rings (SSSR count). The van der Waals surface area contributed by atoms with Gasteiger partial charge in [-0.25, -0.2) is 13.1 Å². The van der Waals surface area contributed by atoms with Gasteiger partial charge in [-0.2, -0.15) is 5.10 Å². The maximum absolute atomic E-state index is 11.8. The number of nitrogens with one attached hydrogen (secondary N) is 2. The minimum absolute atomic E-state index is 0.247. The predicted molar refractivity (Wildman–Crippen MR) is 82.6 cm³/mol. The number of hydrogen-bond acceptors (Lipinski definition) is 4. The zero-order valence-corrected chi connectivity index (χ0v) is 13.2. The van der Waals surface area contributed by atoms with Crippen LogP contribution < -0.4 is 10.0 Å². The highest BCUT2D eigenvalue weighted by Crippen LogP contribution is 2.17. The molecule has 1 heterocycles. The van der Waals surface area contributed by atoms with Crippen LogP contribution in [0.3, 0.4) is 0 Å². The molecule has 0 spiro atoms. The van der Waals surface area contributed by atoms with Crippen LogP contribution in [0.15, 0.2) is 35.4 Å². The average Bonchev–Trinajstić information content (AvgIpc) is 2.85. The van der Waals surface area contributed by atoms with Gasteiger partial charge in [0, 0.05) is 31.0 Å². The van der Waals surface area contributed by atoms with Crippen LogP contribution in [0.2, 0.25) is 0 Å². The van der Waals surface area contributed by atoms with Crippen molar-refractivity contribution in [2.75, 3.05) is 12.4 Å². The average molecular weight is 308 g/mol. The second-order valence-corrected chi connectivity index (χ2v) is 6.60. The quantitative estimate of drug-likeness (QED) is 0.848. The molecule has 0 radical (unpaired) electrons. The van der Waals surface area contributed by atoms with E-state index in [0.717, 1.165) is 23.4 Å². The highest BCUT2D eigenvalue weighted by Gasteiger charge is 2.11. The number of sulfonamides is 1. The summed E-state index contributed by atoms with van der Waals surface area (Å²) in [5.74, 6) is 0. The monoisotopic (exact) mass is 308 g/mol. The van der Waals surface area contributed by atoms with E-state index in [-0.39, 0.29) is 4.90 Å². The van der Waals surface area contributed by atoms with Crippen LogP contribution in [0, 0.1) is 0 Å². The van der Waals surface area contributed by atoms with Crippen molar-refractivity contribution in [3.05, 3.63) is 41.7 Å². The molecule has 1 aromatic carbocycles. The third-order valence-corrected chi connectivity index (χ3v) is 4.63. The van der Waals surface area contributed by atoms with E-state index in [9.17, 15) is 8.42 Å². The molecular formula is C14H20N4O2S. The van der Waals surface area contributed by atoms with E-state index in [1.54, 1.807) is 22.9 Å². The van der Waals surface area contributed by atoms with Gasteiger partial charge in [-0.05, 0) is 31.7 Å². The molecule has 0 aliphatic rings. The first kappa shape index (κ1) is 15.5. The molecule has 0 saturated heterocycles. The fraction of sp³-hybridized carbons (Fsp3) is 0.357. The molecule has 0 atom stereocenters. The van der Waals surface area contributed by atoms with E-state index in [1.807, 2.05) is 19.3 Å². The van der Waals surface area contributed by atoms with E-state index in [4.69, 9.17) is 0 Å². The minimum atomic E-state index is -3.42. The lowest BCUT2D eigenvalue weighted by molar-refractivity contribution is 0.588. The van der Waals surface area contributed by atoms with Crippen LogP contribution in [0.1, 0.15) is 18.2 Å². The van der Waals surface area contributed by atoms with Gasteiger partial charge in [-0.15, -0.1) is 0 Å². The van der Waals surface area contributed by atoms with Crippen molar-refractivity contribution < 1.29 is 8.42 Å². The molecule has 2 aromatic rings. The van der Waals surface area contributed by atoms with Gasteiger partial charge in [0.25, 0.3) is 0 Å². The van der Waals surface area contributed by atoms with E-state index < -0.39 is 10.0 Å². The third kappa shape index (κ3) is 3.62. The smallest absolute Gasteiger partial charge is 0.240 e. The Bertz CT molecular complexity index is 722. The Balaban J connectivity index is 2.15. The van der Waals surface area contributed by atoms with Gasteiger partial charge in [-0.1, -0.05) is 13.0 Å². The third-order valence-electron chi connectivity index (χ3n) is 3.22. The van der Waals surface area contributed by atoms with Gasteiger partial charge in [0.15, 0.2) is 0 Å². The Hall–Kier alpha value is -1.86. The summed E-state index contributed by atoms with van der Waals surface area (Å²) < 4.78 is 27.7. The summed E-state index contributed by atoms with van der Waals surface area (Å²) in [6, 6.07) is 6.75. The largest absolute Gasteiger partial charge is 0.381 e. The summed E-state index contributed by atoms with van der Waals surface area (Å²) in [6.07, 6.45) is 2.84. The first-order valence-corrected chi connectivity index (χ1v) is 8.23. The molecule has 6 nitrogen and oxygen atoms in total. The van der Waals surface area contributed by atoms with Gasteiger partial charge in [0.2, 0.25) is 10.0 Å². The summed E-state index contributed by atoms with van der Waals surface area (Å²) in [7, 11) is -0.126. The maximum Gasteiger partial charge on any atom is 0.240 e. The van der Waals surface area contributed by atoms with E-state index in [2.05, 4.69) is 22.1 Å². The molecular weight excluding hydrogens is 288 g/mol. The van der Waals surface area contributed by atoms with E-state index >= 15 is 0 Å². The second kappa shape index (κ2) is 6.28. The number of anilines is 1. The number of nitrogens with zero attached hydrogens (tertiary/aromatic N) is 2. The van der Waals surface area contributed by atoms with E-state index in [0.29, 0.717) is 6.54 Å². The Morgan fingerprint density at radius 1 is 1.33 bits per heavy atom. The number of benzene rings is 1. The standard InChI is InChI=1S/C14H20N4O2S/c1-4-14-11(10-18(3)17-14)9-16-12-6-5-7-13(8-12)21(19,20)15-2/h5-8,10,15-16H,4,9H2,1-3H3. The lowest BCUT2D eigenvalue weighted by atomic mass is 10.2. The van der Waals surface area contributed by atoms with Crippen molar-refractivity contribution in [3.63, 3.8) is 0 Å². The first-order chi connectivity index (χ1) is 9.96. The highest BCUT2D eigenvalue weighted by atomic mass is 32.2. The molecule has 0 amide bonds. The molecule has 21 heavy (non-hydrogen) atoms. The van der Waals surface area contributed by atoms with Crippen LogP contribution in [-0.2, 0) is 30.0 Å². The Morgan fingerprint density at radius 2 is 2.10 bits per heavy atom. The molecule has 0 bridgehead atoms. The highest BCUT2D eigenvalue weighted by molar-refractivity contribution is 7.89. The first-order valence-electron chi connectivity index (χ1n) is 6.75. The molecule has 2 N–H and O–H groups in total. The number of hydrogen-bond donors (Lipinski definition) is 2. The Morgan fingerprint density at radius 3 is 2.76 bits per heavy atom. The molecule has 114 valence electrons. The zero-order valence-electron chi connectivity index (χ0n) is 12.4. The fourth-order valence-corrected chi connectivity index (χ4v) is 2.89.